The Labute approximate surface area is 148 Å². The van der Waals surface area contributed by atoms with E-state index in [0.29, 0.717) is 10.6 Å². The number of amides is 1. The van der Waals surface area contributed by atoms with Gasteiger partial charge in [-0.15, -0.1) is 0 Å². The van der Waals surface area contributed by atoms with Crippen LogP contribution in [0.5, 0.6) is 0 Å². The lowest BCUT2D eigenvalue weighted by Gasteiger charge is -2.29. The number of aryl methyl sites for hydroxylation is 1. The number of hydrogen-bond donors (Lipinski definition) is 1. The fourth-order valence-corrected chi connectivity index (χ4v) is 3.14. The summed E-state index contributed by atoms with van der Waals surface area (Å²) in [6.45, 7) is 1.72. The number of carbonyl (C=O) groups is 2. The summed E-state index contributed by atoms with van der Waals surface area (Å²) in [6, 6.07) is 5.98. The van der Waals surface area contributed by atoms with Gasteiger partial charge in [-0.3, -0.25) is 14.6 Å². The van der Waals surface area contributed by atoms with Crippen molar-refractivity contribution >= 4 is 40.6 Å². The minimum absolute atomic E-state index is 0.00124. The zero-order valence-electron chi connectivity index (χ0n) is 12.7. The van der Waals surface area contributed by atoms with Crippen LogP contribution in [0.3, 0.4) is 0 Å². The summed E-state index contributed by atoms with van der Waals surface area (Å²) >= 11 is 11.8. The Morgan fingerprint density at radius 1 is 1.33 bits per heavy atom. The van der Waals surface area contributed by atoms with Gasteiger partial charge in [0.2, 0.25) is 5.67 Å². The summed E-state index contributed by atoms with van der Waals surface area (Å²) in [6.07, 6.45) is 1.17. The predicted molar refractivity (Wildman–Crippen MR) is 90.4 cm³/mol. The van der Waals surface area contributed by atoms with E-state index in [1.807, 2.05) is 0 Å². The molecular weight excluding hydrogens is 354 g/mol. The maximum Gasteiger partial charge on any atom is 0.266 e. The molecule has 0 saturated heterocycles. The van der Waals surface area contributed by atoms with Crippen LogP contribution in [0.25, 0.3) is 0 Å². The van der Waals surface area contributed by atoms with Crippen LogP contribution in [0.1, 0.15) is 34.5 Å². The van der Waals surface area contributed by atoms with Gasteiger partial charge in [-0.1, -0.05) is 23.2 Å². The van der Waals surface area contributed by atoms with Crippen molar-refractivity contribution in [1.82, 2.24) is 4.98 Å². The van der Waals surface area contributed by atoms with E-state index < -0.39 is 11.6 Å². The Morgan fingerprint density at radius 2 is 2.08 bits per heavy atom. The third-order valence-electron chi connectivity index (χ3n) is 3.95. The molecule has 1 aliphatic rings. The quantitative estimate of drug-likeness (QED) is 0.852. The van der Waals surface area contributed by atoms with E-state index in [1.54, 1.807) is 6.92 Å². The molecule has 0 aliphatic heterocycles. The Bertz CT molecular complexity index is 856. The topological polar surface area (TPSA) is 59.1 Å². The molecule has 0 fully saturated rings. The Balaban J connectivity index is 1.99. The van der Waals surface area contributed by atoms with Crippen molar-refractivity contribution in [3.05, 3.63) is 57.3 Å². The molecular formula is C17H13Cl2FN2O2. The summed E-state index contributed by atoms with van der Waals surface area (Å²) < 4.78 is 15.5. The standard InChI is InChI=1S/C17H13Cl2FN2O2/c1-9-6-11-15(21-8-9)14(23)4-5-17(11,20)16(24)22-13-3-2-10(18)7-12(13)19/h2-3,6-8H,4-5H2,1H3,(H,22,24)/t17-/m0/s1. The van der Waals surface area contributed by atoms with Crippen molar-refractivity contribution in [2.45, 2.75) is 25.4 Å². The van der Waals surface area contributed by atoms with Crippen LogP contribution in [0.4, 0.5) is 10.1 Å². The molecule has 1 aromatic carbocycles. The van der Waals surface area contributed by atoms with Gasteiger partial charge in [-0.2, -0.15) is 0 Å². The minimum Gasteiger partial charge on any atom is -0.322 e. The molecule has 1 heterocycles. The molecule has 1 amide bonds. The van der Waals surface area contributed by atoms with Crippen molar-refractivity contribution < 1.29 is 14.0 Å². The fourth-order valence-electron chi connectivity index (χ4n) is 2.68. The monoisotopic (exact) mass is 366 g/mol. The lowest BCUT2D eigenvalue weighted by Crippen LogP contribution is -2.41. The number of carbonyl (C=O) groups excluding carboxylic acids is 2. The van der Waals surface area contributed by atoms with Gasteiger partial charge in [0, 0.05) is 29.6 Å². The van der Waals surface area contributed by atoms with Gasteiger partial charge >= 0.3 is 0 Å². The SMILES string of the molecule is Cc1cnc2c(c1)[C@](F)(C(=O)Nc1ccc(Cl)cc1Cl)CCC2=O. The maximum atomic E-state index is 15.5. The van der Waals surface area contributed by atoms with Crippen molar-refractivity contribution in [1.29, 1.82) is 0 Å². The number of nitrogens with zero attached hydrogens (tertiary/aromatic N) is 1. The number of ketones is 1. The molecule has 0 bridgehead atoms. The van der Waals surface area contributed by atoms with E-state index >= 15 is 4.39 Å². The highest BCUT2D eigenvalue weighted by Gasteiger charge is 2.47. The Morgan fingerprint density at radius 3 is 2.79 bits per heavy atom. The van der Waals surface area contributed by atoms with E-state index in [2.05, 4.69) is 10.3 Å². The fraction of sp³-hybridized carbons (Fsp3) is 0.235. The molecule has 4 nitrogen and oxygen atoms in total. The maximum absolute atomic E-state index is 15.5. The molecule has 124 valence electrons. The van der Waals surface area contributed by atoms with Crippen LogP contribution in [0, 0.1) is 6.92 Å². The first-order valence-electron chi connectivity index (χ1n) is 7.27. The number of aromatic nitrogens is 1. The van der Waals surface area contributed by atoms with Crippen LogP contribution in [0.15, 0.2) is 30.5 Å². The van der Waals surface area contributed by atoms with E-state index in [-0.39, 0.29) is 40.6 Å². The van der Waals surface area contributed by atoms with Gasteiger partial charge in [0.1, 0.15) is 5.69 Å². The normalized spacial score (nSPS) is 19.8. The number of anilines is 1. The number of rotatable bonds is 2. The molecule has 7 heteroatoms. The summed E-state index contributed by atoms with van der Waals surface area (Å²) in [5.41, 5.74) is -1.41. The number of hydrogen-bond acceptors (Lipinski definition) is 3. The van der Waals surface area contributed by atoms with Crippen LogP contribution in [-0.4, -0.2) is 16.7 Å². The van der Waals surface area contributed by atoms with Gasteiger partial charge in [0.15, 0.2) is 5.78 Å². The number of benzene rings is 1. The molecule has 1 atom stereocenters. The number of fused-ring (bicyclic) bond motifs is 1. The lowest BCUT2D eigenvalue weighted by atomic mass is 9.81. The van der Waals surface area contributed by atoms with E-state index in [1.165, 1.54) is 30.5 Å². The summed E-state index contributed by atoms with van der Waals surface area (Å²) in [4.78, 5) is 28.6. The third kappa shape index (κ3) is 2.89. The minimum atomic E-state index is -2.34. The van der Waals surface area contributed by atoms with Crippen LogP contribution in [-0.2, 0) is 10.5 Å². The summed E-state index contributed by atoms with van der Waals surface area (Å²) in [7, 11) is 0. The largest absolute Gasteiger partial charge is 0.322 e. The highest BCUT2D eigenvalue weighted by atomic mass is 35.5. The van der Waals surface area contributed by atoms with Crippen LogP contribution in [0.2, 0.25) is 10.0 Å². The van der Waals surface area contributed by atoms with E-state index in [4.69, 9.17) is 23.2 Å². The van der Waals surface area contributed by atoms with Crippen molar-refractivity contribution in [3.8, 4) is 0 Å². The second-order valence-electron chi connectivity index (χ2n) is 5.71. The summed E-state index contributed by atoms with van der Waals surface area (Å²) in [5, 5.41) is 3.09. The average Bonchev–Trinajstić information content (AvgIpc) is 2.53. The molecule has 0 saturated carbocycles. The molecule has 1 aromatic heterocycles. The molecule has 2 aromatic rings. The Hall–Kier alpha value is -1.98. The Kier molecular flexibility index (Phi) is 4.32. The van der Waals surface area contributed by atoms with E-state index in [0.717, 1.165) is 0 Å². The molecule has 1 N–H and O–H groups in total. The van der Waals surface area contributed by atoms with Gasteiger partial charge in [0.05, 0.1) is 10.7 Å². The molecule has 3 rings (SSSR count). The first-order chi connectivity index (χ1) is 11.3. The highest BCUT2D eigenvalue weighted by molar-refractivity contribution is 6.36. The van der Waals surface area contributed by atoms with Gasteiger partial charge in [0.25, 0.3) is 5.91 Å². The smallest absolute Gasteiger partial charge is 0.266 e. The lowest BCUT2D eigenvalue weighted by molar-refractivity contribution is -0.128. The number of Topliss-reactive ketones (excluding diaryl/α,β-unsaturated/α-hetero) is 1. The molecule has 0 spiro atoms. The average molecular weight is 367 g/mol. The molecule has 0 radical (unpaired) electrons. The van der Waals surface area contributed by atoms with Crippen molar-refractivity contribution in [3.63, 3.8) is 0 Å². The predicted octanol–water partition coefficient (Wildman–Crippen LogP) is 4.48. The molecule has 24 heavy (non-hydrogen) atoms. The number of nitrogens with one attached hydrogen (secondary N) is 1. The molecule has 1 aliphatic carbocycles. The first kappa shape index (κ1) is 16.9. The number of halogens is 3. The van der Waals surface area contributed by atoms with Crippen molar-refractivity contribution in [2.24, 2.45) is 0 Å². The van der Waals surface area contributed by atoms with Crippen LogP contribution < -0.4 is 5.32 Å². The number of alkyl halides is 1. The second kappa shape index (κ2) is 6.15. The van der Waals surface area contributed by atoms with Gasteiger partial charge in [-0.05, 0) is 36.8 Å². The van der Waals surface area contributed by atoms with Gasteiger partial charge < -0.3 is 5.32 Å². The zero-order valence-corrected chi connectivity index (χ0v) is 14.2. The van der Waals surface area contributed by atoms with E-state index in [9.17, 15) is 9.59 Å². The first-order valence-corrected chi connectivity index (χ1v) is 8.02. The zero-order chi connectivity index (χ0) is 17.5. The third-order valence-corrected chi connectivity index (χ3v) is 4.50. The summed E-state index contributed by atoms with van der Waals surface area (Å²) in [5.74, 6) is -1.15. The van der Waals surface area contributed by atoms with Crippen molar-refractivity contribution in [2.75, 3.05) is 5.32 Å². The number of pyridine rings is 1. The van der Waals surface area contributed by atoms with Gasteiger partial charge in [-0.25, -0.2) is 4.39 Å². The van der Waals surface area contributed by atoms with Crippen LogP contribution >= 0.6 is 23.2 Å². The highest BCUT2D eigenvalue weighted by Crippen LogP contribution is 2.40. The molecule has 0 unspecified atom stereocenters. The second-order valence-corrected chi connectivity index (χ2v) is 6.56.